The Labute approximate surface area is 196 Å². The van der Waals surface area contributed by atoms with Crippen molar-refractivity contribution in [1.82, 2.24) is 4.90 Å². The van der Waals surface area contributed by atoms with Gasteiger partial charge >= 0.3 is 12.2 Å². The van der Waals surface area contributed by atoms with Gasteiger partial charge in [0.2, 0.25) is 0 Å². The van der Waals surface area contributed by atoms with E-state index in [0.717, 1.165) is 11.6 Å². The van der Waals surface area contributed by atoms with Crippen LogP contribution in [0.4, 0.5) is 23.7 Å². The van der Waals surface area contributed by atoms with E-state index in [1.54, 1.807) is 18.2 Å². The topological polar surface area (TPSA) is 76.8 Å². The van der Waals surface area contributed by atoms with Crippen LogP contribution in [0.25, 0.3) is 0 Å². The third kappa shape index (κ3) is 6.64. The van der Waals surface area contributed by atoms with Crippen LogP contribution in [0.1, 0.15) is 16.7 Å². The standard InChI is InChI=1S/C25H26F3N3O3/c1-33-23-15-19(11-12-22(23)34-17-18-7-3-2-4-8-18)16-31(14-13-29)24(32)30-21-10-6-5-9-20(21)25(26,27)28/h2-12,15H,13-14,16-17,29H2,1H3,(H,30,32). The summed E-state index contributed by atoms with van der Waals surface area (Å²) in [5, 5.41) is 2.36. The van der Waals surface area contributed by atoms with Gasteiger partial charge in [0.05, 0.1) is 18.4 Å². The van der Waals surface area contributed by atoms with Crippen LogP contribution in [0.15, 0.2) is 72.8 Å². The van der Waals surface area contributed by atoms with E-state index in [9.17, 15) is 18.0 Å². The molecule has 0 fully saturated rings. The molecule has 0 saturated heterocycles. The van der Waals surface area contributed by atoms with E-state index >= 15 is 0 Å². The first-order valence-electron chi connectivity index (χ1n) is 10.6. The van der Waals surface area contributed by atoms with Gasteiger partial charge in [-0.15, -0.1) is 0 Å². The van der Waals surface area contributed by atoms with Gasteiger partial charge in [-0.05, 0) is 35.4 Å². The summed E-state index contributed by atoms with van der Waals surface area (Å²) in [7, 11) is 1.51. The zero-order valence-corrected chi connectivity index (χ0v) is 18.6. The van der Waals surface area contributed by atoms with E-state index in [1.807, 2.05) is 30.3 Å². The minimum absolute atomic E-state index is 0.118. The lowest BCUT2D eigenvalue weighted by atomic mass is 10.1. The molecular formula is C25H26F3N3O3. The zero-order chi connectivity index (χ0) is 24.6. The fourth-order valence-corrected chi connectivity index (χ4v) is 3.33. The summed E-state index contributed by atoms with van der Waals surface area (Å²) in [6, 6.07) is 19.0. The van der Waals surface area contributed by atoms with Crippen molar-refractivity contribution in [2.24, 2.45) is 5.73 Å². The summed E-state index contributed by atoms with van der Waals surface area (Å²) in [6.07, 6.45) is -4.59. The Kier molecular flexibility index (Phi) is 8.37. The number of anilines is 1. The Balaban J connectivity index is 1.73. The van der Waals surface area contributed by atoms with E-state index in [-0.39, 0.29) is 25.3 Å². The van der Waals surface area contributed by atoms with Crippen molar-refractivity contribution in [1.29, 1.82) is 0 Å². The largest absolute Gasteiger partial charge is 0.493 e. The van der Waals surface area contributed by atoms with Crippen molar-refractivity contribution in [3.05, 3.63) is 89.5 Å². The fourth-order valence-electron chi connectivity index (χ4n) is 3.33. The SMILES string of the molecule is COc1cc(CN(CCN)C(=O)Nc2ccccc2C(F)(F)F)ccc1OCc1ccccc1. The van der Waals surface area contributed by atoms with Gasteiger partial charge in [-0.2, -0.15) is 13.2 Å². The fraction of sp³-hybridized carbons (Fsp3) is 0.240. The first-order chi connectivity index (χ1) is 16.3. The van der Waals surface area contributed by atoms with Crippen molar-refractivity contribution in [3.8, 4) is 11.5 Å². The molecule has 0 heterocycles. The number of hydrogen-bond donors (Lipinski definition) is 2. The number of methoxy groups -OCH3 is 1. The Bertz CT molecular complexity index is 1090. The van der Waals surface area contributed by atoms with Crippen LogP contribution in [0, 0.1) is 0 Å². The summed E-state index contributed by atoms with van der Waals surface area (Å²) >= 11 is 0. The number of para-hydroxylation sites is 1. The second-order valence-electron chi connectivity index (χ2n) is 7.44. The van der Waals surface area contributed by atoms with Crippen LogP contribution in [0.3, 0.4) is 0 Å². The summed E-state index contributed by atoms with van der Waals surface area (Å²) in [4.78, 5) is 14.1. The van der Waals surface area contributed by atoms with Crippen LogP contribution in [0.5, 0.6) is 11.5 Å². The van der Waals surface area contributed by atoms with E-state index in [2.05, 4.69) is 5.32 Å². The first-order valence-corrected chi connectivity index (χ1v) is 10.6. The summed E-state index contributed by atoms with van der Waals surface area (Å²) < 4.78 is 51.1. The molecule has 0 radical (unpaired) electrons. The number of nitrogens with two attached hydrogens (primary N) is 1. The molecule has 0 atom stereocenters. The average molecular weight is 473 g/mol. The molecule has 34 heavy (non-hydrogen) atoms. The van der Waals surface area contributed by atoms with Crippen LogP contribution >= 0.6 is 0 Å². The van der Waals surface area contributed by atoms with Crippen molar-refractivity contribution < 1.29 is 27.4 Å². The van der Waals surface area contributed by atoms with Crippen LogP contribution in [0.2, 0.25) is 0 Å². The molecule has 9 heteroatoms. The predicted molar refractivity (Wildman–Crippen MR) is 124 cm³/mol. The maximum Gasteiger partial charge on any atom is 0.418 e. The van der Waals surface area contributed by atoms with Crippen LogP contribution < -0.4 is 20.5 Å². The Morgan fingerprint density at radius 3 is 2.35 bits per heavy atom. The monoisotopic (exact) mass is 473 g/mol. The molecule has 0 spiro atoms. The van der Waals surface area contributed by atoms with Gasteiger partial charge in [-0.3, -0.25) is 0 Å². The number of nitrogens with zero attached hydrogens (tertiary/aromatic N) is 1. The minimum Gasteiger partial charge on any atom is -0.493 e. The molecule has 3 N–H and O–H groups in total. The number of nitrogens with one attached hydrogen (secondary N) is 1. The molecule has 0 aromatic heterocycles. The van der Waals surface area contributed by atoms with Crippen molar-refractivity contribution >= 4 is 11.7 Å². The van der Waals surface area contributed by atoms with Gasteiger partial charge < -0.3 is 25.4 Å². The molecule has 3 aromatic carbocycles. The third-order valence-corrected chi connectivity index (χ3v) is 5.00. The van der Waals surface area contributed by atoms with E-state index in [0.29, 0.717) is 23.7 Å². The van der Waals surface area contributed by atoms with Gasteiger partial charge in [0.1, 0.15) is 6.61 Å². The van der Waals surface area contributed by atoms with E-state index in [1.165, 1.54) is 30.2 Å². The molecule has 0 aliphatic heterocycles. The maximum atomic E-state index is 13.3. The number of halogens is 3. The molecule has 0 aliphatic carbocycles. The van der Waals surface area contributed by atoms with E-state index < -0.39 is 17.8 Å². The second-order valence-corrected chi connectivity index (χ2v) is 7.44. The summed E-state index contributed by atoms with van der Waals surface area (Å²) in [5.74, 6) is 1.01. The molecule has 3 rings (SSSR count). The lowest BCUT2D eigenvalue weighted by molar-refractivity contribution is -0.136. The van der Waals surface area contributed by atoms with Gasteiger partial charge in [0, 0.05) is 19.6 Å². The highest BCUT2D eigenvalue weighted by Crippen LogP contribution is 2.35. The normalized spacial score (nSPS) is 11.1. The highest BCUT2D eigenvalue weighted by molar-refractivity contribution is 5.90. The summed E-state index contributed by atoms with van der Waals surface area (Å²) in [6.45, 7) is 0.766. The quantitative estimate of drug-likeness (QED) is 0.443. The minimum atomic E-state index is -4.59. The highest BCUT2D eigenvalue weighted by atomic mass is 19.4. The molecule has 0 aliphatic rings. The summed E-state index contributed by atoms with van der Waals surface area (Å²) in [5.41, 5.74) is 6.11. The number of ether oxygens (including phenoxy) is 2. The Morgan fingerprint density at radius 1 is 0.971 bits per heavy atom. The van der Waals surface area contributed by atoms with Crippen molar-refractivity contribution in [2.45, 2.75) is 19.3 Å². The number of hydrogen-bond acceptors (Lipinski definition) is 4. The number of urea groups is 1. The first kappa shape index (κ1) is 24.9. The van der Waals surface area contributed by atoms with Gasteiger partial charge in [-0.25, -0.2) is 4.79 Å². The molecule has 180 valence electrons. The zero-order valence-electron chi connectivity index (χ0n) is 18.6. The lowest BCUT2D eigenvalue weighted by Crippen LogP contribution is -2.38. The third-order valence-electron chi connectivity index (χ3n) is 5.00. The molecule has 2 amide bonds. The second kappa shape index (κ2) is 11.4. The molecule has 0 saturated carbocycles. The smallest absolute Gasteiger partial charge is 0.418 e. The number of carbonyl (C=O) groups excluding carboxylic acids is 1. The van der Waals surface area contributed by atoms with Crippen molar-refractivity contribution in [3.63, 3.8) is 0 Å². The Morgan fingerprint density at radius 2 is 1.68 bits per heavy atom. The lowest BCUT2D eigenvalue weighted by Gasteiger charge is -2.24. The van der Waals surface area contributed by atoms with Crippen molar-refractivity contribution in [2.75, 3.05) is 25.5 Å². The van der Waals surface area contributed by atoms with Crippen LogP contribution in [-0.4, -0.2) is 31.1 Å². The predicted octanol–water partition coefficient (Wildman–Crippen LogP) is 5.29. The molecule has 3 aromatic rings. The molecule has 6 nitrogen and oxygen atoms in total. The number of benzene rings is 3. The van der Waals surface area contributed by atoms with Gasteiger partial charge in [0.25, 0.3) is 0 Å². The number of amides is 2. The van der Waals surface area contributed by atoms with Crippen LogP contribution in [-0.2, 0) is 19.3 Å². The Hall–Kier alpha value is -3.72. The highest BCUT2D eigenvalue weighted by Gasteiger charge is 2.33. The molecule has 0 unspecified atom stereocenters. The molecule has 0 bridgehead atoms. The number of rotatable bonds is 9. The molecular weight excluding hydrogens is 447 g/mol. The van der Waals surface area contributed by atoms with Gasteiger partial charge in [0.15, 0.2) is 11.5 Å². The van der Waals surface area contributed by atoms with Gasteiger partial charge in [-0.1, -0.05) is 48.5 Å². The maximum absolute atomic E-state index is 13.3. The van der Waals surface area contributed by atoms with E-state index in [4.69, 9.17) is 15.2 Å². The number of carbonyl (C=O) groups is 1. The average Bonchev–Trinajstić information content (AvgIpc) is 2.83. The number of alkyl halides is 3.